The first kappa shape index (κ1) is 13.6. The summed E-state index contributed by atoms with van der Waals surface area (Å²) in [5, 5.41) is 9.50. The van der Waals surface area contributed by atoms with Crippen LogP contribution < -0.4 is 0 Å². The second-order valence-corrected chi connectivity index (χ2v) is 4.41. The van der Waals surface area contributed by atoms with Crippen LogP contribution in [-0.4, -0.2) is 19.5 Å². The normalized spacial score (nSPS) is 12.0. The van der Waals surface area contributed by atoms with Crippen LogP contribution in [0.3, 0.4) is 0 Å². The van der Waals surface area contributed by atoms with Crippen LogP contribution in [0.5, 0.6) is 0 Å². The minimum atomic E-state index is -4.50. The highest BCUT2D eigenvalue weighted by Gasteiger charge is 2.34. The van der Waals surface area contributed by atoms with E-state index in [1.807, 2.05) is 0 Å². The van der Waals surface area contributed by atoms with E-state index < -0.39 is 18.3 Å². The quantitative estimate of drug-likeness (QED) is 0.790. The number of imidazole rings is 1. The van der Waals surface area contributed by atoms with E-state index in [2.05, 4.69) is 9.97 Å². The molecular formula is C14H10F3N3O. The van der Waals surface area contributed by atoms with Crippen molar-refractivity contribution in [2.45, 2.75) is 12.8 Å². The highest BCUT2D eigenvalue weighted by molar-refractivity contribution is 5.67. The molecule has 7 heteroatoms. The van der Waals surface area contributed by atoms with Gasteiger partial charge in [0.15, 0.2) is 0 Å². The Morgan fingerprint density at radius 1 is 1.14 bits per heavy atom. The van der Waals surface area contributed by atoms with Crippen molar-refractivity contribution >= 4 is 5.65 Å². The third-order valence-electron chi connectivity index (χ3n) is 3.16. The van der Waals surface area contributed by atoms with Crippen LogP contribution in [0.15, 0.2) is 42.9 Å². The Hall–Kier alpha value is -2.41. The van der Waals surface area contributed by atoms with E-state index >= 15 is 0 Å². The maximum Gasteiger partial charge on any atom is 0.419 e. The average Bonchev–Trinajstić information content (AvgIpc) is 2.85. The second kappa shape index (κ2) is 4.85. The molecule has 108 valence electrons. The fourth-order valence-corrected chi connectivity index (χ4v) is 2.23. The van der Waals surface area contributed by atoms with Crippen molar-refractivity contribution in [2.75, 3.05) is 0 Å². The number of pyridine rings is 2. The maximum atomic E-state index is 13.0. The van der Waals surface area contributed by atoms with Gasteiger partial charge in [-0.05, 0) is 24.3 Å². The van der Waals surface area contributed by atoms with Crippen molar-refractivity contribution in [3.63, 3.8) is 0 Å². The van der Waals surface area contributed by atoms with Gasteiger partial charge in [-0.3, -0.25) is 4.98 Å². The highest BCUT2D eigenvalue weighted by atomic mass is 19.4. The molecule has 0 bridgehead atoms. The molecule has 4 nitrogen and oxygen atoms in total. The van der Waals surface area contributed by atoms with Gasteiger partial charge in [-0.1, -0.05) is 0 Å². The molecule has 3 rings (SSSR count). The summed E-state index contributed by atoms with van der Waals surface area (Å²) >= 11 is 0. The SMILES string of the molecule is OCc1c(-c2ccncc2)nc2c(C(F)(F)F)cccn12. The van der Waals surface area contributed by atoms with Crippen LogP contribution >= 0.6 is 0 Å². The zero-order valence-electron chi connectivity index (χ0n) is 10.7. The molecule has 1 N–H and O–H groups in total. The Morgan fingerprint density at radius 2 is 1.86 bits per heavy atom. The van der Waals surface area contributed by atoms with Gasteiger partial charge in [-0.2, -0.15) is 13.2 Å². The second-order valence-electron chi connectivity index (χ2n) is 4.41. The summed E-state index contributed by atoms with van der Waals surface area (Å²) in [6, 6.07) is 5.52. The Kier molecular flexibility index (Phi) is 3.13. The lowest BCUT2D eigenvalue weighted by Gasteiger charge is -2.07. The third kappa shape index (κ3) is 2.25. The zero-order chi connectivity index (χ0) is 15.0. The molecule has 0 amide bonds. The number of nitrogens with zero attached hydrogens (tertiary/aromatic N) is 3. The first-order chi connectivity index (χ1) is 10.0. The van der Waals surface area contributed by atoms with Gasteiger partial charge in [-0.15, -0.1) is 0 Å². The first-order valence-electron chi connectivity index (χ1n) is 6.11. The first-order valence-corrected chi connectivity index (χ1v) is 6.11. The number of aliphatic hydroxyl groups is 1. The number of halogens is 3. The topological polar surface area (TPSA) is 50.4 Å². The molecule has 0 atom stereocenters. The number of rotatable bonds is 2. The molecule has 0 aliphatic carbocycles. The molecule has 0 saturated carbocycles. The van der Waals surface area contributed by atoms with E-state index in [-0.39, 0.29) is 5.65 Å². The molecule has 0 radical (unpaired) electrons. The van der Waals surface area contributed by atoms with Crippen LogP contribution in [0.25, 0.3) is 16.9 Å². The fourth-order valence-electron chi connectivity index (χ4n) is 2.23. The smallest absolute Gasteiger partial charge is 0.390 e. The van der Waals surface area contributed by atoms with E-state index in [0.717, 1.165) is 6.07 Å². The molecule has 0 unspecified atom stereocenters. The van der Waals surface area contributed by atoms with Gasteiger partial charge in [0.2, 0.25) is 0 Å². The van der Waals surface area contributed by atoms with Gasteiger partial charge in [0.05, 0.1) is 23.6 Å². The van der Waals surface area contributed by atoms with Crippen LogP contribution in [0.4, 0.5) is 13.2 Å². The molecule has 0 aliphatic heterocycles. The van der Waals surface area contributed by atoms with Gasteiger partial charge in [0.1, 0.15) is 5.65 Å². The summed E-state index contributed by atoms with van der Waals surface area (Å²) in [5.74, 6) is 0. The molecule has 3 aromatic rings. The van der Waals surface area contributed by atoms with Crippen molar-refractivity contribution in [3.8, 4) is 11.3 Å². The minimum Gasteiger partial charge on any atom is -0.390 e. The van der Waals surface area contributed by atoms with Crippen molar-refractivity contribution in [1.29, 1.82) is 0 Å². The molecule has 0 aliphatic rings. The van der Waals surface area contributed by atoms with Gasteiger partial charge < -0.3 is 9.51 Å². The Morgan fingerprint density at radius 3 is 2.48 bits per heavy atom. The van der Waals surface area contributed by atoms with Crippen molar-refractivity contribution in [2.24, 2.45) is 0 Å². The van der Waals surface area contributed by atoms with E-state index in [1.165, 1.54) is 29.1 Å². The summed E-state index contributed by atoms with van der Waals surface area (Å²) in [6.07, 6.45) is -0.0136. The highest BCUT2D eigenvalue weighted by Crippen LogP contribution is 2.34. The molecular weight excluding hydrogens is 283 g/mol. The predicted octanol–water partition coefficient (Wildman–Crippen LogP) is 2.91. The van der Waals surface area contributed by atoms with Gasteiger partial charge in [0.25, 0.3) is 0 Å². The fraction of sp³-hybridized carbons (Fsp3) is 0.143. The number of hydrogen-bond acceptors (Lipinski definition) is 3. The monoisotopic (exact) mass is 293 g/mol. The van der Waals surface area contributed by atoms with Gasteiger partial charge in [-0.25, -0.2) is 4.98 Å². The van der Waals surface area contributed by atoms with E-state index in [1.54, 1.807) is 12.1 Å². The number of aliphatic hydroxyl groups excluding tert-OH is 1. The Balaban J connectivity index is 2.33. The summed E-state index contributed by atoms with van der Waals surface area (Å²) < 4.78 is 40.4. The molecule has 0 aromatic carbocycles. The van der Waals surface area contributed by atoms with Crippen molar-refractivity contribution in [1.82, 2.24) is 14.4 Å². The molecule has 0 spiro atoms. The molecule has 0 fully saturated rings. The molecule has 0 saturated heterocycles. The molecule has 3 aromatic heterocycles. The standard InChI is InChI=1S/C14H10F3N3O/c15-14(16,17)10-2-1-7-20-11(8-21)12(19-13(10)20)9-3-5-18-6-4-9/h1-7,21H,8H2. The number of fused-ring (bicyclic) bond motifs is 1. The van der Waals surface area contributed by atoms with Crippen molar-refractivity contribution in [3.05, 3.63) is 54.1 Å². The number of alkyl halides is 3. The largest absolute Gasteiger partial charge is 0.419 e. The lowest BCUT2D eigenvalue weighted by atomic mass is 10.1. The summed E-state index contributed by atoms with van der Waals surface area (Å²) in [4.78, 5) is 7.94. The van der Waals surface area contributed by atoms with Crippen LogP contribution in [0.1, 0.15) is 11.3 Å². The Bertz CT molecular complexity index is 781. The number of hydrogen-bond donors (Lipinski definition) is 1. The van der Waals surface area contributed by atoms with Crippen LogP contribution in [0, 0.1) is 0 Å². The third-order valence-corrected chi connectivity index (χ3v) is 3.16. The predicted molar refractivity (Wildman–Crippen MR) is 69.3 cm³/mol. The van der Waals surface area contributed by atoms with E-state index in [9.17, 15) is 18.3 Å². The van der Waals surface area contributed by atoms with E-state index in [0.29, 0.717) is 17.0 Å². The summed E-state index contributed by atoms with van der Waals surface area (Å²) in [7, 11) is 0. The lowest BCUT2D eigenvalue weighted by molar-refractivity contribution is -0.136. The van der Waals surface area contributed by atoms with E-state index in [4.69, 9.17) is 0 Å². The summed E-state index contributed by atoms with van der Waals surface area (Å²) in [6.45, 7) is -0.417. The van der Waals surface area contributed by atoms with Crippen LogP contribution in [0.2, 0.25) is 0 Å². The average molecular weight is 293 g/mol. The Labute approximate surface area is 117 Å². The molecule has 3 heterocycles. The summed E-state index contributed by atoms with van der Waals surface area (Å²) in [5.41, 5.74) is 0.172. The zero-order valence-corrected chi connectivity index (χ0v) is 10.7. The van der Waals surface area contributed by atoms with Crippen LogP contribution in [-0.2, 0) is 12.8 Å². The van der Waals surface area contributed by atoms with Gasteiger partial charge >= 0.3 is 6.18 Å². The van der Waals surface area contributed by atoms with Crippen molar-refractivity contribution < 1.29 is 18.3 Å². The lowest BCUT2D eigenvalue weighted by Crippen LogP contribution is -2.08. The minimum absolute atomic E-state index is 0.221. The maximum absolute atomic E-state index is 13.0. The number of aromatic nitrogens is 3. The molecule has 21 heavy (non-hydrogen) atoms. The van der Waals surface area contributed by atoms with Gasteiger partial charge in [0, 0.05) is 24.2 Å².